The van der Waals surface area contributed by atoms with Crippen molar-refractivity contribution in [2.24, 2.45) is 10.9 Å². The molecule has 6 nitrogen and oxygen atoms in total. The molecule has 0 bridgehead atoms. The summed E-state index contributed by atoms with van der Waals surface area (Å²) in [6.07, 6.45) is 4.97. The molecule has 0 fully saturated rings. The van der Waals surface area contributed by atoms with E-state index in [0.29, 0.717) is 24.2 Å². The summed E-state index contributed by atoms with van der Waals surface area (Å²) >= 11 is 0. The molecule has 0 saturated carbocycles. The SMILES string of the molecule is CCCCC(CC)CNC(=NC)NCc1noc(C(C)(C)C)n1. The van der Waals surface area contributed by atoms with Crippen LogP contribution in [0.2, 0.25) is 0 Å². The predicted molar refractivity (Wildman–Crippen MR) is 94.5 cm³/mol. The summed E-state index contributed by atoms with van der Waals surface area (Å²) in [6, 6.07) is 0. The number of hydrogen-bond donors (Lipinski definition) is 2. The van der Waals surface area contributed by atoms with Crippen molar-refractivity contribution >= 4 is 5.96 Å². The molecule has 132 valence electrons. The smallest absolute Gasteiger partial charge is 0.232 e. The van der Waals surface area contributed by atoms with Gasteiger partial charge >= 0.3 is 0 Å². The van der Waals surface area contributed by atoms with Crippen molar-refractivity contribution in [3.8, 4) is 0 Å². The van der Waals surface area contributed by atoms with Crippen molar-refractivity contribution < 1.29 is 4.52 Å². The molecule has 1 heterocycles. The normalized spacial score (nSPS) is 13.9. The molecule has 6 heteroatoms. The van der Waals surface area contributed by atoms with Gasteiger partial charge < -0.3 is 15.2 Å². The van der Waals surface area contributed by atoms with E-state index in [1.807, 2.05) is 0 Å². The van der Waals surface area contributed by atoms with Gasteiger partial charge in [0.2, 0.25) is 5.89 Å². The molecule has 1 aromatic heterocycles. The Bertz CT molecular complexity index is 476. The minimum absolute atomic E-state index is 0.126. The first kappa shape index (κ1) is 19.5. The van der Waals surface area contributed by atoms with Gasteiger partial charge in [0.15, 0.2) is 11.8 Å². The van der Waals surface area contributed by atoms with Crippen LogP contribution in [0.4, 0.5) is 0 Å². The Hall–Kier alpha value is -1.59. The molecule has 0 aliphatic rings. The summed E-state index contributed by atoms with van der Waals surface area (Å²) in [5, 5.41) is 10.6. The number of nitrogens with one attached hydrogen (secondary N) is 2. The molecule has 1 rings (SSSR count). The summed E-state index contributed by atoms with van der Waals surface area (Å²) < 4.78 is 5.29. The summed E-state index contributed by atoms with van der Waals surface area (Å²) in [4.78, 5) is 8.67. The van der Waals surface area contributed by atoms with Crippen molar-refractivity contribution in [1.29, 1.82) is 0 Å². The predicted octanol–water partition coefficient (Wildman–Crippen LogP) is 3.25. The number of nitrogens with zero attached hydrogens (tertiary/aromatic N) is 3. The zero-order valence-corrected chi connectivity index (χ0v) is 15.6. The van der Waals surface area contributed by atoms with E-state index < -0.39 is 0 Å². The lowest BCUT2D eigenvalue weighted by Gasteiger charge is -2.17. The second-order valence-electron chi connectivity index (χ2n) is 6.99. The van der Waals surface area contributed by atoms with E-state index in [-0.39, 0.29) is 5.41 Å². The van der Waals surface area contributed by atoms with Gasteiger partial charge in [-0.3, -0.25) is 4.99 Å². The molecular formula is C17H33N5O. The van der Waals surface area contributed by atoms with Crippen LogP contribution >= 0.6 is 0 Å². The average molecular weight is 323 g/mol. The third kappa shape index (κ3) is 7.01. The van der Waals surface area contributed by atoms with Crippen LogP contribution in [0.5, 0.6) is 0 Å². The zero-order chi connectivity index (χ0) is 17.3. The van der Waals surface area contributed by atoms with Crippen LogP contribution in [0, 0.1) is 5.92 Å². The molecule has 0 saturated heterocycles. The molecule has 1 aromatic rings. The van der Waals surface area contributed by atoms with E-state index in [1.165, 1.54) is 25.7 Å². The van der Waals surface area contributed by atoms with E-state index in [0.717, 1.165) is 12.5 Å². The summed E-state index contributed by atoms with van der Waals surface area (Å²) in [5.74, 6) is 2.77. The molecule has 0 spiro atoms. The lowest BCUT2D eigenvalue weighted by molar-refractivity contribution is 0.318. The van der Waals surface area contributed by atoms with Crippen LogP contribution < -0.4 is 10.6 Å². The van der Waals surface area contributed by atoms with Crippen LogP contribution in [0.25, 0.3) is 0 Å². The molecule has 1 unspecified atom stereocenters. The van der Waals surface area contributed by atoms with Crippen molar-refractivity contribution in [3.05, 3.63) is 11.7 Å². The summed E-state index contributed by atoms with van der Waals surface area (Å²) in [6.45, 7) is 12.1. The standard InChI is InChI=1S/C17H33N5O/c1-7-9-10-13(8-2)11-19-16(18-6)20-12-14-21-15(23-22-14)17(3,4)5/h13H,7-12H2,1-6H3,(H2,18,19,20). The highest BCUT2D eigenvalue weighted by molar-refractivity contribution is 5.79. The number of aromatic nitrogens is 2. The van der Waals surface area contributed by atoms with Crippen molar-refractivity contribution in [1.82, 2.24) is 20.8 Å². The molecule has 0 aliphatic carbocycles. The van der Waals surface area contributed by atoms with Crippen molar-refractivity contribution in [2.75, 3.05) is 13.6 Å². The fraction of sp³-hybridized carbons (Fsp3) is 0.824. The third-order valence-electron chi connectivity index (χ3n) is 3.85. The average Bonchev–Trinajstić information content (AvgIpc) is 2.99. The van der Waals surface area contributed by atoms with Gasteiger partial charge in [0.25, 0.3) is 0 Å². The summed E-state index contributed by atoms with van der Waals surface area (Å²) in [7, 11) is 1.78. The Morgan fingerprint density at radius 1 is 1.26 bits per heavy atom. The van der Waals surface area contributed by atoms with Gasteiger partial charge in [-0.1, -0.05) is 59.0 Å². The second-order valence-corrected chi connectivity index (χ2v) is 6.99. The minimum Gasteiger partial charge on any atom is -0.356 e. The fourth-order valence-electron chi connectivity index (χ4n) is 2.20. The van der Waals surface area contributed by atoms with Crippen LogP contribution in [-0.4, -0.2) is 29.7 Å². The Balaban J connectivity index is 2.43. The molecule has 0 radical (unpaired) electrons. The lowest BCUT2D eigenvalue weighted by atomic mass is 9.97. The molecule has 23 heavy (non-hydrogen) atoms. The number of unbranched alkanes of at least 4 members (excludes halogenated alkanes) is 1. The number of hydrogen-bond acceptors (Lipinski definition) is 4. The fourth-order valence-corrected chi connectivity index (χ4v) is 2.20. The first-order valence-electron chi connectivity index (χ1n) is 8.68. The maximum absolute atomic E-state index is 5.29. The van der Waals surface area contributed by atoms with Gasteiger partial charge in [-0.25, -0.2) is 0 Å². The topological polar surface area (TPSA) is 75.3 Å². The van der Waals surface area contributed by atoms with E-state index in [9.17, 15) is 0 Å². The highest BCUT2D eigenvalue weighted by Crippen LogP contribution is 2.19. The van der Waals surface area contributed by atoms with E-state index in [2.05, 4.69) is 60.4 Å². The van der Waals surface area contributed by atoms with Crippen molar-refractivity contribution in [2.45, 2.75) is 72.3 Å². The monoisotopic (exact) mass is 323 g/mol. The van der Waals surface area contributed by atoms with E-state index in [1.54, 1.807) is 7.05 Å². The van der Waals surface area contributed by atoms with Crippen LogP contribution in [0.1, 0.15) is 72.0 Å². The maximum Gasteiger partial charge on any atom is 0.232 e. The molecule has 1 atom stereocenters. The molecular weight excluding hydrogens is 290 g/mol. The molecule has 2 N–H and O–H groups in total. The Morgan fingerprint density at radius 3 is 2.52 bits per heavy atom. The Labute approximate surface area is 140 Å². The quantitative estimate of drug-likeness (QED) is 0.567. The molecule has 0 amide bonds. The molecule has 0 aliphatic heterocycles. The van der Waals surface area contributed by atoms with Crippen LogP contribution in [0.3, 0.4) is 0 Å². The number of guanidine groups is 1. The molecule has 0 aromatic carbocycles. The van der Waals surface area contributed by atoms with Gasteiger partial charge in [-0.05, 0) is 12.3 Å². The van der Waals surface area contributed by atoms with E-state index in [4.69, 9.17) is 4.52 Å². The van der Waals surface area contributed by atoms with Gasteiger partial charge in [-0.15, -0.1) is 0 Å². The Kier molecular flexibility index (Phi) is 8.06. The Morgan fingerprint density at radius 2 is 2.00 bits per heavy atom. The van der Waals surface area contributed by atoms with Crippen molar-refractivity contribution in [3.63, 3.8) is 0 Å². The lowest BCUT2D eigenvalue weighted by Crippen LogP contribution is -2.39. The minimum atomic E-state index is -0.126. The third-order valence-corrected chi connectivity index (χ3v) is 3.85. The first-order valence-corrected chi connectivity index (χ1v) is 8.68. The van der Waals surface area contributed by atoms with Gasteiger partial charge in [0.1, 0.15) is 0 Å². The zero-order valence-electron chi connectivity index (χ0n) is 15.6. The number of rotatable bonds is 8. The second kappa shape index (κ2) is 9.53. The largest absolute Gasteiger partial charge is 0.356 e. The van der Waals surface area contributed by atoms with Gasteiger partial charge in [0, 0.05) is 19.0 Å². The first-order chi connectivity index (χ1) is 10.9. The van der Waals surface area contributed by atoms with Gasteiger partial charge in [-0.2, -0.15) is 4.98 Å². The number of aliphatic imine (C=N–C) groups is 1. The maximum atomic E-state index is 5.29. The highest BCUT2D eigenvalue weighted by Gasteiger charge is 2.21. The van der Waals surface area contributed by atoms with Gasteiger partial charge in [0.05, 0.1) is 6.54 Å². The highest BCUT2D eigenvalue weighted by atomic mass is 16.5. The van der Waals surface area contributed by atoms with E-state index >= 15 is 0 Å². The van der Waals surface area contributed by atoms with Crippen LogP contribution in [0.15, 0.2) is 9.52 Å². The summed E-state index contributed by atoms with van der Waals surface area (Å²) in [5.41, 5.74) is -0.126. The van der Waals surface area contributed by atoms with Crippen LogP contribution in [-0.2, 0) is 12.0 Å².